The molecule has 4 nitrogen and oxygen atoms in total. The van der Waals surface area contributed by atoms with Crippen LogP contribution >= 0.6 is 11.6 Å². The molecule has 2 aromatic heterocycles. The van der Waals surface area contributed by atoms with Crippen molar-refractivity contribution in [2.45, 2.75) is 0 Å². The van der Waals surface area contributed by atoms with E-state index in [1.54, 1.807) is 18.3 Å². The normalized spacial score (nSPS) is 10.8. The number of hydrogen-bond donors (Lipinski definition) is 0. The van der Waals surface area contributed by atoms with Crippen LogP contribution in [0, 0.1) is 11.6 Å². The molecule has 1 aromatic carbocycles. The molecule has 0 N–H and O–H groups in total. The molecule has 0 unspecified atom stereocenters. The van der Waals surface area contributed by atoms with Gasteiger partial charge in [0.2, 0.25) is 5.28 Å². The van der Waals surface area contributed by atoms with E-state index >= 15 is 0 Å². The predicted octanol–water partition coefficient (Wildman–Crippen LogP) is 3.26. The lowest BCUT2D eigenvalue weighted by molar-refractivity contribution is 0.618. The van der Waals surface area contributed by atoms with Crippen LogP contribution in [0.3, 0.4) is 0 Å². The largest absolute Gasteiger partial charge is 0.240 e. The Balaban J connectivity index is 2.01. The van der Waals surface area contributed by atoms with E-state index in [2.05, 4.69) is 15.1 Å². The van der Waals surface area contributed by atoms with Crippen LogP contribution in [0.1, 0.15) is 0 Å². The van der Waals surface area contributed by atoms with Crippen LogP contribution in [0.4, 0.5) is 8.78 Å². The minimum absolute atomic E-state index is 0.0454. The zero-order chi connectivity index (χ0) is 14.1. The van der Waals surface area contributed by atoms with Gasteiger partial charge in [-0.3, -0.25) is 0 Å². The Labute approximate surface area is 117 Å². The molecule has 20 heavy (non-hydrogen) atoms. The van der Waals surface area contributed by atoms with Crippen LogP contribution in [0.15, 0.2) is 42.9 Å². The van der Waals surface area contributed by atoms with Gasteiger partial charge in [-0.05, 0) is 35.9 Å². The third-order valence-electron chi connectivity index (χ3n) is 2.66. The van der Waals surface area contributed by atoms with Crippen molar-refractivity contribution in [3.63, 3.8) is 0 Å². The summed E-state index contributed by atoms with van der Waals surface area (Å²) in [6.07, 6.45) is 4.03. The molecule has 0 amide bonds. The number of nitrogens with zero attached hydrogens (tertiary/aromatic N) is 4. The molecule has 100 valence electrons. The summed E-state index contributed by atoms with van der Waals surface area (Å²) in [7, 11) is 0. The van der Waals surface area contributed by atoms with Crippen molar-refractivity contribution in [1.29, 1.82) is 0 Å². The van der Waals surface area contributed by atoms with E-state index in [0.29, 0.717) is 11.3 Å². The second-order valence-corrected chi connectivity index (χ2v) is 4.32. The molecule has 0 radical (unpaired) electrons. The second kappa shape index (κ2) is 4.97. The molecule has 0 saturated carbocycles. The number of halogens is 3. The smallest absolute Gasteiger partial charge is 0.223 e. The van der Waals surface area contributed by atoms with Crippen LogP contribution in [0.25, 0.3) is 16.9 Å². The zero-order valence-corrected chi connectivity index (χ0v) is 10.7. The molecule has 0 aliphatic carbocycles. The fourth-order valence-electron chi connectivity index (χ4n) is 1.73. The standard InChI is InChI=1S/C13H7ClF2N4/c14-13-17-6-11(16)12(19-13)8-5-18-20(7-8)10-3-1-9(15)2-4-10/h1-7H. The second-order valence-electron chi connectivity index (χ2n) is 3.99. The first kappa shape index (κ1) is 12.7. The summed E-state index contributed by atoms with van der Waals surface area (Å²) in [5, 5.41) is 4.04. The highest BCUT2D eigenvalue weighted by Gasteiger charge is 2.11. The van der Waals surface area contributed by atoms with Crippen molar-refractivity contribution in [2.24, 2.45) is 0 Å². The maximum Gasteiger partial charge on any atom is 0.223 e. The molecule has 0 saturated heterocycles. The predicted molar refractivity (Wildman–Crippen MR) is 69.5 cm³/mol. The average Bonchev–Trinajstić information content (AvgIpc) is 2.92. The molecule has 0 fully saturated rings. The van der Waals surface area contributed by atoms with Gasteiger partial charge in [0.05, 0.1) is 18.1 Å². The fourth-order valence-corrected chi connectivity index (χ4v) is 1.86. The highest BCUT2D eigenvalue weighted by Crippen LogP contribution is 2.22. The average molecular weight is 293 g/mol. The van der Waals surface area contributed by atoms with E-state index in [1.807, 2.05) is 0 Å². The van der Waals surface area contributed by atoms with Crippen LogP contribution < -0.4 is 0 Å². The summed E-state index contributed by atoms with van der Waals surface area (Å²) >= 11 is 5.65. The maximum atomic E-state index is 13.6. The first-order valence-corrected chi connectivity index (χ1v) is 6.00. The van der Waals surface area contributed by atoms with Gasteiger partial charge in [-0.1, -0.05) is 0 Å². The molecule has 0 aliphatic heterocycles. The van der Waals surface area contributed by atoms with Gasteiger partial charge in [0, 0.05) is 11.8 Å². The number of benzene rings is 1. The topological polar surface area (TPSA) is 43.6 Å². The molecule has 0 atom stereocenters. The molecule has 0 aliphatic rings. The Hall–Kier alpha value is -2.34. The Bertz CT molecular complexity index is 755. The Morgan fingerprint density at radius 2 is 1.80 bits per heavy atom. The van der Waals surface area contributed by atoms with Gasteiger partial charge in [-0.2, -0.15) is 5.10 Å². The van der Waals surface area contributed by atoms with Crippen LogP contribution in [-0.2, 0) is 0 Å². The van der Waals surface area contributed by atoms with Gasteiger partial charge in [-0.25, -0.2) is 23.4 Å². The maximum absolute atomic E-state index is 13.6. The van der Waals surface area contributed by atoms with E-state index in [-0.39, 0.29) is 16.8 Å². The quantitative estimate of drug-likeness (QED) is 0.681. The molecule has 3 rings (SSSR count). The lowest BCUT2D eigenvalue weighted by Crippen LogP contribution is -1.94. The van der Waals surface area contributed by atoms with E-state index in [1.165, 1.54) is 23.0 Å². The van der Waals surface area contributed by atoms with Crippen LogP contribution in [0.2, 0.25) is 5.28 Å². The van der Waals surface area contributed by atoms with Crippen LogP contribution in [-0.4, -0.2) is 19.7 Å². The lowest BCUT2D eigenvalue weighted by atomic mass is 10.2. The van der Waals surface area contributed by atoms with Crippen LogP contribution in [0.5, 0.6) is 0 Å². The van der Waals surface area contributed by atoms with Crippen molar-refractivity contribution in [3.8, 4) is 16.9 Å². The van der Waals surface area contributed by atoms with E-state index in [9.17, 15) is 8.78 Å². The van der Waals surface area contributed by atoms with Gasteiger partial charge in [0.1, 0.15) is 11.5 Å². The Morgan fingerprint density at radius 1 is 1.05 bits per heavy atom. The minimum Gasteiger partial charge on any atom is -0.240 e. The molecule has 0 spiro atoms. The highest BCUT2D eigenvalue weighted by molar-refractivity contribution is 6.28. The van der Waals surface area contributed by atoms with Gasteiger partial charge in [0.15, 0.2) is 5.82 Å². The van der Waals surface area contributed by atoms with Gasteiger partial charge in [-0.15, -0.1) is 0 Å². The SMILES string of the molecule is Fc1ccc(-n2cc(-c3nc(Cl)ncc3F)cn2)cc1. The molecular weight excluding hydrogens is 286 g/mol. The fraction of sp³-hybridized carbons (Fsp3) is 0. The third-order valence-corrected chi connectivity index (χ3v) is 2.84. The number of hydrogen-bond acceptors (Lipinski definition) is 3. The van der Waals surface area contributed by atoms with Crippen molar-refractivity contribution < 1.29 is 8.78 Å². The number of rotatable bonds is 2. The Morgan fingerprint density at radius 3 is 2.55 bits per heavy atom. The van der Waals surface area contributed by atoms with Crippen molar-refractivity contribution in [1.82, 2.24) is 19.7 Å². The monoisotopic (exact) mass is 292 g/mol. The first-order valence-electron chi connectivity index (χ1n) is 5.62. The molecule has 3 aromatic rings. The first-order chi connectivity index (χ1) is 9.63. The van der Waals surface area contributed by atoms with Crippen molar-refractivity contribution in [3.05, 3.63) is 59.8 Å². The summed E-state index contributed by atoms with van der Waals surface area (Å²) in [6.45, 7) is 0. The molecule has 7 heteroatoms. The van der Waals surface area contributed by atoms with E-state index in [0.717, 1.165) is 6.20 Å². The highest BCUT2D eigenvalue weighted by atomic mass is 35.5. The number of aromatic nitrogens is 4. The van der Waals surface area contributed by atoms with E-state index in [4.69, 9.17) is 11.6 Å². The summed E-state index contributed by atoms with van der Waals surface area (Å²) in [5.41, 5.74) is 1.17. The lowest BCUT2D eigenvalue weighted by Gasteiger charge is -2.00. The summed E-state index contributed by atoms with van der Waals surface area (Å²) in [4.78, 5) is 7.38. The summed E-state index contributed by atoms with van der Waals surface area (Å²) in [6, 6.07) is 5.77. The van der Waals surface area contributed by atoms with Crippen molar-refractivity contribution in [2.75, 3.05) is 0 Å². The molecule has 2 heterocycles. The Kier molecular flexibility index (Phi) is 3.15. The summed E-state index contributed by atoms with van der Waals surface area (Å²) < 4.78 is 28.0. The zero-order valence-electron chi connectivity index (χ0n) is 9.96. The van der Waals surface area contributed by atoms with Gasteiger partial charge >= 0.3 is 0 Å². The molecular formula is C13H7ClF2N4. The molecule has 0 bridgehead atoms. The van der Waals surface area contributed by atoms with Gasteiger partial charge in [0.25, 0.3) is 0 Å². The summed E-state index contributed by atoms with van der Waals surface area (Å²) in [5.74, 6) is -0.928. The van der Waals surface area contributed by atoms with Gasteiger partial charge < -0.3 is 0 Å². The van der Waals surface area contributed by atoms with Crippen molar-refractivity contribution >= 4 is 11.6 Å². The van der Waals surface area contributed by atoms with E-state index < -0.39 is 5.82 Å². The minimum atomic E-state index is -0.590. The third kappa shape index (κ3) is 2.37.